The van der Waals surface area contributed by atoms with E-state index < -0.39 is 35.3 Å². The number of benzene rings is 1. The van der Waals surface area contributed by atoms with Gasteiger partial charge in [-0.25, -0.2) is 21.6 Å². The number of rotatable bonds is 7. The van der Waals surface area contributed by atoms with Crippen LogP contribution in [0.2, 0.25) is 0 Å². The third kappa shape index (κ3) is 5.30. The summed E-state index contributed by atoms with van der Waals surface area (Å²) in [5, 5.41) is 9.35. The van der Waals surface area contributed by atoms with Crippen molar-refractivity contribution in [2.45, 2.75) is 0 Å². The highest BCUT2D eigenvalue weighted by atomic mass is 79.9. The molecule has 1 rings (SSSR count). The van der Waals surface area contributed by atoms with Gasteiger partial charge in [0.2, 0.25) is 20.0 Å². The van der Waals surface area contributed by atoms with Crippen molar-refractivity contribution in [1.82, 2.24) is 0 Å². The number of aromatic carboxylic acids is 1. The predicted molar refractivity (Wildman–Crippen MR) is 109 cm³/mol. The first-order valence-electron chi connectivity index (χ1n) is 5.43. The molecular weight excluding hydrogens is 696 g/mol. The van der Waals surface area contributed by atoms with Crippen LogP contribution in [-0.2, 0) is 20.0 Å². The van der Waals surface area contributed by atoms with Gasteiger partial charge >= 0.3 is 5.97 Å². The number of carboxylic acid groups (broad SMARTS) is 1. The van der Waals surface area contributed by atoms with Crippen LogP contribution in [0.4, 0.5) is 11.4 Å². The van der Waals surface area contributed by atoms with E-state index >= 15 is 0 Å². The zero-order chi connectivity index (χ0) is 18.9. The highest BCUT2D eigenvalue weighted by molar-refractivity contribution is 9.12. The van der Waals surface area contributed by atoms with E-state index in [-0.39, 0.29) is 30.4 Å². The van der Waals surface area contributed by atoms with Gasteiger partial charge in [-0.2, -0.15) is 0 Å². The molecule has 0 atom stereocenters. The van der Waals surface area contributed by atoms with Gasteiger partial charge in [0.05, 0.1) is 30.4 Å². The quantitative estimate of drug-likeness (QED) is 0.371. The molecular formula is C9H7Br5N2O6S2. The fourth-order valence-corrected chi connectivity index (χ4v) is 6.47. The molecule has 0 saturated carbocycles. The molecule has 8 nitrogen and oxygen atoms in total. The fraction of sp³-hybridized carbons (Fsp3) is 0.222. The van der Waals surface area contributed by atoms with Crippen LogP contribution in [-0.4, -0.2) is 37.2 Å². The second-order valence-corrected chi connectivity index (χ2v) is 12.5. The number of carbonyl (C=O) groups is 1. The lowest BCUT2D eigenvalue weighted by Crippen LogP contribution is -2.18. The number of nitrogens with one attached hydrogen (secondary N) is 2. The predicted octanol–water partition coefficient (Wildman–Crippen LogP) is 3.86. The number of hydrogen-bond donors (Lipinski definition) is 3. The van der Waals surface area contributed by atoms with Crippen molar-refractivity contribution < 1.29 is 26.7 Å². The molecule has 136 valence electrons. The molecule has 0 amide bonds. The SMILES string of the molecule is O=C(O)c1c(Br)c(NS(=O)(=O)CBr)c(Br)c(NS(=O)(=O)CBr)c1Br. The summed E-state index contributed by atoms with van der Waals surface area (Å²) >= 11 is 14.7. The first-order valence-corrected chi connectivity index (χ1v) is 13.4. The number of alkyl halides is 2. The number of carboxylic acids is 1. The molecule has 0 spiro atoms. The molecule has 0 heterocycles. The van der Waals surface area contributed by atoms with Crippen molar-refractivity contribution in [3.63, 3.8) is 0 Å². The second kappa shape index (κ2) is 8.52. The van der Waals surface area contributed by atoms with Crippen LogP contribution < -0.4 is 9.44 Å². The summed E-state index contributed by atoms with van der Waals surface area (Å²) in [6.07, 6.45) is 0. The standard InChI is InChI=1S/C9H7Br5N2O6S2/c10-1-23(19,20)15-7-4(12)3(9(17)18)5(13)8(6(7)14)16-24(21,22)2-11/h15-16H,1-2H2,(H,17,18). The summed E-state index contributed by atoms with van der Waals surface area (Å²) in [6.45, 7) is 0. The first-order chi connectivity index (χ1) is 10.9. The summed E-state index contributed by atoms with van der Waals surface area (Å²) in [5.41, 5.74) is -0.692. The first kappa shape index (κ1) is 22.6. The second-order valence-electron chi connectivity index (χ2n) is 4.02. The smallest absolute Gasteiger partial charge is 0.338 e. The van der Waals surface area contributed by atoms with E-state index in [1.807, 2.05) is 0 Å². The van der Waals surface area contributed by atoms with E-state index in [0.29, 0.717) is 0 Å². The van der Waals surface area contributed by atoms with Crippen molar-refractivity contribution in [3.8, 4) is 0 Å². The molecule has 1 aromatic carbocycles. The maximum Gasteiger partial charge on any atom is 0.338 e. The minimum atomic E-state index is -3.83. The molecule has 24 heavy (non-hydrogen) atoms. The summed E-state index contributed by atoms with van der Waals surface area (Å²) < 4.78 is 50.4. The van der Waals surface area contributed by atoms with E-state index in [1.54, 1.807) is 0 Å². The number of halogens is 5. The van der Waals surface area contributed by atoms with Crippen molar-refractivity contribution in [2.75, 3.05) is 18.8 Å². The summed E-state index contributed by atoms with van der Waals surface area (Å²) in [7, 11) is -7.65. The lowest BCUT2D eigenvalue weighted by molar-refractivity contribution is 0.0695. The summed E-state index contributed by atoms with van der Waals surface area (Å²) in [6, 6.07) is 0. The van der Waals surface area contributed by atoms with Crippen LogP contribution in [0.15, 0.2) is 13.4 Å². The Morgan fingerprint density at radius 2 is 1.17 bits per heavy atom. The Morgan fingerprint density at radius 3 is 1.42 bits per heavy atom. The Balaban J connectivity index is 3.78. The summed E-state index contributed by atoms with van der Waals surface area (Å²) in [5.74, 6) is -1.40. The van der Waals surface area contributed by atoms with E-state index in [2.05, 4.69) is 89.1 Å². The number of hydrogen-bond acceptors (Lipinski definition) is 5. The molecule has 0 unspecified atom stereocenters. The van der Waals surface area contributed by atoms with Crippen molar-refractivity contribution in [1.29, 1.82) is 0 Å². The van der Waals surface area contributed by atoms with Gasteiger partial charge in [-0.15, -0.1) is 0 Å². The zero-order valence-electron chi connectivity index (χ0n) is 11.1. The van der Waals surface area contributed by atoms with Gasteiger partial charge < -0.3 is 5.11 Å². The third-order valence-electron chi connectivity index (χ3n) is 2.33. The largest absolute Gasteiger partial charge is 0.478 e. The zero-order valence-corrected chi connectivity index (χ0v) is 20.7. The van der Waals surface area contributed by atoms with Crippen molar-refractivity contribution >= 4 is 117 Å². The third-order valence-corrected chi connectivity index (χ3v) is 9.93. The average molecular weight is 703 g/mol. The van der Waals surface area contributed by atoms with E-state index in [1.165, 1.54) is 0 Å². The fourth-order valence-electron chi connectivity index (χ4n) is 1.40. The Hall–Kier alpha value is 0.590. The van der Waals surface area contributed by atoms with Crippen molar-refractivity contribution in [2.24, 2.45) is 0 Å². The molecule has 1 aromatic rings. The van der Waals surface area contributed by atoms with Gasteiger partial charge in [-0.1, -0.05) is 31.9 Å². The highest BCUT2D eigenvalue weighted by Crippen LogP contribution is 2.46. The van der Waals surface area contributed by atoms with Gasteiger partial charge in [0.25, 0.3) is 0 Å². The topological polar surface area (TPSA) is 130 Å². The molecule has 0 aliphatic carbocycles. The Morgan fingerprint density at radius 1 is 0.833 bits per heavy atom. The van der Waals surface area contributed by atoms with E-state index in [4.69, 9.17) is 0 Å². The molecule has 0 bridgehead atoms. The minimum Gasteiger partial charge on any atom is -0.478 e. The molecule has 0 aromatic heterocycles. The lowest BCUT2D eigenvalue weighted by atomic mass is 10.2. The van der Waals surface area contributed by atoms with Crippen LogP contribution >= 0.6 is 79.6 Å². The van der Waals surface area contributed by atoms with Gasteiger partial charge in [0.15, 0.2) is 0 Å². The van der Waals surface area contributed by atoms with Crippen LogP contribution in [0.1, 0.15) is 10.4 Å². The maximum atomic E-state index is 11.8. The van der Waals surface area contributed by atoms with Gasteiger partial charge in [-0.3, -0.25) is 9.44 Å². The Kier molecular flexibility index (Phi) is 8.03. The van der Waals surface area contributed by atoms with Crippen LogP contribution in [0.3, 0.4) is 0 Å². The molecule has 0 aliphatic heterocycles. The van der Waals surface area contributed by atoms with Crippen LogP contribution in [0, 0.1) is 0 Å². The van der Waals surface area contributed by atoms with Gasteiger partial charge in [0.1, 0.15) is 9.32 Å². The average Bonchev–Trinajstić information content (AvgIpc) is 2.48. The highest BCUT2D eigenvalue weighted by Gasteiger charge is 2.28. The van der Waals surface area contributed by atoms with Crippen LogP contribution in [0.25, 0.3) is 0 Å². The monoisotopic (exact) mass is 698 g/mol. The molecule has 0 saturated heterocycles. The Labute approximate surface area is 179 Å². The molecule has 3 N–H and O–H groups in total. The normalized spacial score (nSPS) is 12.0. The molecule has 15 heteroatoms. The minimum absolute atomic E-state index is 0.000278. The maximum absolute atomic E-state index is 11.8. The van der Waals surface area contributed by atoms with Crippen molar-refractivity contribution in [3.05, 3.63) is 19.0 Å². The summed E-state index contributed by atoms with van der Waals surface area (Å²) in [4.78, 5) is 11.5. The molecule has 0 radical (unpaired) electrons. The van der Waals surface area contributed by atoms with E-state index in [9.17, 15) is 26.7 Å². The molecule has 0 fully saturated rings. The van der Waals surface area contributed by atoms with Gasteiger partial charge in [0, 0.05) is 0 Å². The Bertz CT molecular complexity index is 823. The molecule has 0 aliphatic rings. The lowest BCUT2D eigenvalue weighted by Gasteiger charge is -2.19. The number of sulfonamides is 2. The van der Waals surface area contributed by atoms with Crippen LogP contribution in [0.5, 0.6) is 0 Å². The van der Waals surface area contributed by atoms with E-state index in [0.717, 1.165) is 0 Å². The number of anilines is 2. The van der Waals surface area contributed by atoms with Gasteiger partial charge in [-0.05, 0) is 47.8 Å².